The second-order valence-corrected chi connectivity index (χ2v) is 13.8. The van der Waals surface area contributed by atoms with Crippen molar-refractivity contribution >= 4 is 40.9 Å². The predicted octanol–water partition coefficient (Wildman–Crippen LogP) is 3.28. The summed E-state index contributed by atoms with van der Waals surface area (Å²) in [6.07, 6.45) is 8.58. The van der Waals surface area contributed by atoms with Crippen molar-refractivity contribution in [3.05, 3.63) is 107 Å². The first-order chi connectivity index (χ1) is 26.1. The van der Waals surface area contributed by atoms with Crippen LogP contribution in [0.3, 0.4) is 0 Å². The van der Waals surface area contributed by atoms with Gasteiger partial charge in [0, 0.05) is 87.3 Å². The van der Waals surface area contributed by atoms with Crippen molar-refractivity contribution in [2.45, 2.75) is 71.4 Å². The van der Waals surface area contributed by atoms with Crippen LogP contribution in [-0.4, -0.2) is 86.1 Å². The molecule has 0 radical (unpaired) electrons. The zero-order valence-electron chi connectivity index (χ0n) is 30.4. The minimum Gasteiger partial charge on any atom is -0.361 e. The summed E-state index contributed by atoms with van der Waals surface area (Å²) in [5.74, 6) is -1.02. The third kappa shape index (κ3) is 9.82. The number of hydrazone groups is 1. The quantitative estimate of drug-likeness (QED) is 0.0922. The van der Waals surface area contributed by atoms with E-state index < -0.39 is 6.35 Å². The fourth-order valence-electron chi connectivity index (χ4n) is 6.64. The van der Waals surface area contributed by atoms with Gasteiger partial charge < -0.3 is 21.1 Å². The van der Waals surface area contributed by atoms with E-state index in [9.17, 15) is 29.1 Å². The summed E-state index contributed by atoms with van der Waals surface area (Å²) in [6, 6.07) is 16.7. The molecule has 0 fully saturated rings. The Morgan fingerprint density at radius 1 is 0.870 bits per heavy atom. The Labute approximate surface area is 314 Å². The summed E-state index contributed by atoms with van der Waals surface area (Å²) in [6.45, 7) is 4.70. The third-order valence-electron chi connectivity index (χ3n) is 9.73. The molecule has 4 N–H and O–H groups in total. The lowest BCUT2D eigenvalue weighted by Crippen LogP contribution is -2.37. The number of nitrogens with zero attached hydrogens (tertiary/aromatic N) is 5. The first-order valence-electron chi connectivity index (χ1n) is 18.4. The van der Waals surface area contributed by atoms with Crippen molar-refractivity contribution in [2.75, 3.05) is 25.0 Å². The molecule has 14 heteroatoms. The zero-order valence-corrected chi connectivity index (χ0v) is 30.4. The molecule has 3 aliphatic rings. The van der Waals surface area contributed by atoms with E-state index in [1.54, 1.807) is 18.3 Å². The number of carbonyl (C=O) groups excluding carboxylic acids is 5. The van der Waals surface area contributed by atoms with Crippen LogP contribution >= 0.6 is 0 Å². The maximum Gasteiger partial charge on any atom is 0.253 e. The van der Waals surface area contributed by atoms with Crippen LogP contribution in [0.25, 0.3) is 0 Å². The number of amides is 5. The number of anilines is 1. The molecule has 0 saturated carbocycles. The number of aliphatic hydroxyl groups excluding tert-OH is 1. The highest BCUT2D eigenvalue weighted by atomic mass is 16.3. The van der Waals surface area contributed by atoms with Crippen LogP contribution in [0.1, 0.15) is 78.1 Å². The first kappa shape index (κ1) is 38.0. The van der Waals surface area contributed by atoms with Gasteiger partial charge in [0.15, 0.2) is 6.35 Å². The molecular weight excluding hydrogens is 688 g/mol. The molecule has 2 unspecified atom stereocenters. The molecule has 0 bridgehead atoms. The Kier molecular flexibility index (Phi) is 12.6. The van der Waals surface area contributed by atoms with Gasteiger partial charge in [-0.2, -0.15) is 5.10 Å². The number of fused-ring (bicyclic) bond motifs is 1. The summed E-state index contributed by atoms with van der Waals surface area (Å²) in [5.41, 5.74) is 6.06. The summed E-state index contributed by atoms with van der Waals surface area (Å²) >= 11 is 0. The minimum absolute atomic E-state index is 0.0649. The maximum atomic E-state index is 13.0. The van der Waals surface area contributed by atoms with Crippen LogP contribution in [0.4, 0.5) is 5.69 Å². The maximum absolute atomic E-state index is 13.0. The standard InChI is InChI=1S/C40H46N8O6/c1-27-22-37(52)48(45-38(27)29-11-13-33(14-12-29)44-40(54)46-25-31-17-20-41-23-32(31)26-46)24-28-7-9-30(10-8-28)39(53)43-19-5-18-42-34(49)6-3-2-4-21-47-35(50)15-16-36(47)51/h7-17,20,23,27,40,44,54H,2-6,18-19,21-22,24-26H2,1H3,(H,42,49)(H,43,53). The van der Waals surface area contributed by atoms with Gasteiger partial charge in [-0.05, 0) is 71.8 Å². The lowest BCUT2D eigenvalue weighted by molar-refractivity contribution is -0.137. The van der Waals surface area contributed by atoms with Crippen LogP contribution < -0.4 is 16.0 Å². The summed E-state index contributed by atoms with van der Waals surface area (Å²) in [5, 5.41) is 25.9. The monoisotopic (exact) mass is 734 g/mol. The fraction of sp³-hybridized carbons (Fsp3) is 0.375. The Bertz CT molecular complexity index is 1870. The van der Waals surface area contributed by atoms with Gasteiger partial charge >= 0.3 is 0 Å². The first-order valence-corrected chi connectivity index (χ1v) is 18.4. The normalized spacial score (nSPS) is 17.4. The number of rotatable bonds is 17. The number of carbonyl (C=O) groups is 5. The van der Waals surface area contributed by atoms with Gasteiger partial charge in [-0.1, -0.05) is 37.6 Å². The molecule has 3 aromatic rings. The van der Waals surface area contributed by atoms with E-state index >= 15 is 0 Å². The van der Waals surface area contributed by atoms with Crippen LogP contribution in [0.5, 0.6) is 0 Å². The zero-order chi connectivity index (χ0) is 38.0. The number of pyridine rings is 1. The highest BCUT2D eigenvalue weighted by Crippen LogP contribution is 2.26. The van der Waals surface area contributed by atoms with Crippen molar-refractivity contribution < 1.29 is 29.1 Å². The van der Waals surface area contributed by atoms with E-state index in [0.717, 1.165) is 40.1 Å². The lowest BCUT2D eigenvalue weighted by Gasteiger charge is -2.28. The molecule has 2 aromatic carbocycles. The van der Waals surface area contributed by atoms with E-state index in [-0.39, 0.29) is 42.0 Å². The Morgan fingerprint density at radius 3 is 2.33 bits per heavy atom. The fourth-order valence-corrected chi connectivity index (χ4v) is 6.64. The van der Waals surface area contributed by atoms with Gasteiger partial charge in [0.25, 0.3) is 17.7 Å². The number of benzene rings is 2. The van der Waals surface area contributed by atoms with Crippen molar-refractivity contribution in [2.24, 2.45) is 11.0 Å². The van der Waals surface area contributed by atoms with Gasteiger partial charge in [0.1, 0.15) is 0 Å². The number of nitrogens with one attached hydrogen (secondary N) is 3. The van der Waals surface area contributed by atoms with Crippen molar-refractivity contribution in [3.8, 4) is 0 Å². The molecule has 54 heavy (non-hydrogen) atoms. The average Bonchev–Trinajstić information content (AvgIpc) is 3.75. The third-order valence-corrected chi connectivity index (χ3v) is 9.73. The van der Waals surface area contributed by atoms with Gasteiger partial charge in [0.2, 0.25) is 11.8 Å². The molecule has 4 heterocycles. The number of hydrogen-bond donors (Lipinski definition) is 4. The van der Waals surface area contributed by atoms with E-state index in [2.05, 4.69) is 20.9 Å². The van der Waals surface area contributed by atoms with Gasteiger partial charge in [-0.3, -0.25) is 38.8 Å². The number of imide groups is 1. The molecular formula is C40H46N8O6. The smallest absolute Gasteiger partial charge is 0.253 e. The van der Waals surface area contributed by atoms with E-state index in [1.807, 2.05) is 60.5 Å². The van der Waals surface area contributed by atoms with Crippen LogP contribution in [-0.2, 0) is 38.8 Å². The molecule has 5 amide bonds. The Hall–Kier alpha value is -5.73. The summed E-state index contributed by atoms with van der Waals surface area (Å²) in [4.78, 5) is 68.2. The van der Waals surface area contributed by atoms with E-state index in [0.29, 0.717) is 70.4 Å². The van der Waals surface area contributed by atoms with E-state index in [1.165, 1.54) is 22.1 Å². The number of unbranched alkanes of at least 4 members (excludes halogenated alkanes) is 2. The van der Waals surface area contributed by atoms with Gasteiger partial charge in [-0.25, -0.2) is 5.01 Å². The second-order valence-electron chi connectivity index (χ2n) is 13.8. The molecule has 282 valence electrons. The Balaban J connectivity index is 0.901. The summed E-state index contributed by atoms with van der Waals surface area (Å²) < 4.78 is 0. The number of aromatic nitrogens is 1. The van der Waals surface area contributed by atoms with E-state index in [4.69, 9.17) is 5.10 Å². The lowest BCUT2D eigenvalue weighted by atomic mass is 9.93. The molecule has 3 aliphatic heterocycles. The second kappa shape index (κ2) is 17.9. The van der Waals surface area contributed by atoms with Crippen molar-refractivity contribution in [1.82, 2.24) is 30.4 Å². The Morgan fingerprint density at radius 2 is 1.59 bits per heavy atom. The van der Waals surface area contributed by atoms with Crippen molar-refractivity contribution in [3.63, 3.8) is 0 Å². The predicted molar refractivity (Wildman–Crippen MR) is 201 cm³/mol. The molecule has 2 atom stereocenters. The van der Waals surface area contributed by atoms with Gasteiger partial charge in [0.05, 0.1) is 12.3 Å². The van der Waals surface area contributed by atoms with Crippen LogP contribution in [0.2, 0.25) is 0 Å². The highest BCUT2D eigenvalue weighted by molar-refractivity contribution is 6.12. The minimum atomic E-state index is -0.860. The average molecular weight is 735 g/mol. The highest BCUT2D eigenvalue weighted by Gasteiger charge is 2.28. The number of aliphatic hydroxyl groups is 1. The molecule has 1 aromatic heterocycles. The van der Waals surface area contributed by atoms with Crippen LogP contribution in [0, 0.1) is 5.92 Å². The molecule has 0 aliphatic carbocycles. The SMILES string of the molecule is CC1CC(=O)N(Cc2ccc(C(=O)NCCCNC(=O)CCCCCN3C(=O)C=CC3=O)cc2)N=C1c1ccc(NC(O)N2Cc3ccncc3C2)cc1. The molecule has 0 saturated heterocycles. The van der Waals surface area contributed by atoms with Crippen LogP contribution in [0.15, 0.2) is 84.2 Å². The number of hydrogen-bond acceptors (Lipinski definition) is 10. The summed E-state index contributed by atoms with van der Waals surface area (Å²) in [7, 11) is 0. The molecule has 0 spiro atoms. The topological polar surface area (TPSA) is 177 Å². The molecule has 14 nitrogen and oxygen atoms in total. The van der Waals surface area contributed by atoms with Gasteiger partial charge in [-0.15, -0.1) is 0 Å². The molecule has 6 rings (SSSR count). The largest absolute Gasteiger partial charge is 0.361 e. The van der Waals surface area contributed by atoms with Crippen molar-refractivity contribution in [1.29, 1.82) is 0 Å².